The zero-order valence-electron chi connectivity index (χ0n) is 7.27. The Morgan fingerprint density at radius 3 is 2.69 bits per heavy atom. The third kappa shape index (κ3) is 2.10. The van der Waals surface area contributed by atoms with E-state index in [4.69, 9.17) is 0 Å². The number of nitrogens with zero attached hydrogens (tertiary/aromatic N) is 1. The molecule has 0 amide bonds. The van der Waals surface area contributed by atoms with Crippen molar-refractivity contribution in [2.24, 2.45) is 5.92 Å². The van der Waals surface area contributed by atoms with Crippen molar-refractivity contribution in [1.29, 1.82) is 0 Å². The third-order valence-corrected chi connectivity index (χ3v) is 3.50. The van der Waals surface area contributed by atoms with E-state index < -0.39 is 0 Å². The summed E-state index contributed by atoms with van der Waals surface area (Å²) in [6, 6.07) is 3.81. The van der Waals surface area contributed by atoms with Gasteiger partial charge in [-0.1, -0.05) is 0 Å². The van der Waals surface area contributed by atoms with E-state index in [1.807, 2.05) is 23.9 Å². The first-order chi connectivity index (χ1) is 6.36. The van der Waals surface area contributed by atoms with Gasteiger partial charge in [-0.15, -0.1) is 0 Å². The van der Waals surface area contributed by atoms with Crippen LogP contribution in [-0.2, 0) is 11.2 Å². The summed E-state index contributed by atoms with van der Waals surface area (Å²) in [5.74, 6) is 2.73. The molecule has 0 atom stereocenters. The monoisotopic (exact) mass is 193 g/mol. The molecule has 0 radical (unpaired) electrons. The number of carbonyl (C=O) groups is 1. The van der Waals surface area contributed by atoms with E-state index in [-0.39, 0.29) is 0 Å². The number of hydrogen-bond acceptors (Lipinski definition) is 3. The molecular formula is C10H11NOS. The van der Waals surface area contributed by atoms with Gasteiger partial charge in [-0.3, -0.25) is 9.78 Å². The van der Waals surface area contributed by atoms with E-state index in [2.05, 4.69) is 4.98 Å². The van der Waals surface area contributed by atoms with Crippen molar-refractivity contribution in [3.63, 3.8) is 0 Å². The minimum atomic E-state index is 0.318. The minimum absolute atomic E-state index is 0.318. The average molecular weight is 193 g/mol. The second kappa shape index (κ2) is 3.92. The van der Waals surface area contributed by atoms with Gasteiger partial charge in [0.2, 0.25) is 0 Å². The third-order valence-electron chi connectivity index (χ3n) is 2.22. The van der Waals surface area contributed by atoms with Crippen molar-refractivity contribution >= 4 is 17.5 Å². The lowest BCUT2D eigenvalue weighted by atomic mass is 10.0. The molecule has 1 aliphatic rings. The molecule has 3 heteroatoms. The van der Waals surface area contributed by atoms with Gasteiger partial charge in [0, 0.05) is 36.2 Å². The van der Waals surface area contributed by atoms with Gasteiger partial charge >= 0.3 is 0 Å². The summed E-state index contributed by atoms with van der Waals surface area (Å²) < 4.78 is 0. The lowest BCUT2D eigenvalue weighted by Gasteiger charge is -2.23. The molecular weight excluding hydrogens is 182 g/mol. The summed E-state index contributed by atoms with van der Waals surface area (Å²) >= 11 is 1.85. The molecule has 0 aliphatic carbocycles. The summed E-state index contributed by atoms with van der Waals surface area (Å²) in [6.45, 7) is 0. The highest BCUT2D eigenvalue weighted by Crippen LogP contribution is 2.26. The Bertz CT molecular complexity index is 295. The second-order valence-electron chi connectivity index (χ2n) is 3.23. The van der Waals surface area contributed by atoms with Gasteiger partial charge in [0.25, 0.3) is 0 Å². The highest BCUT2D eigenvalue weighted by Gasteiger charge is 2.25. The van der Waals surface area contributed by atoms with Crippen molar-refractivity contribution in [2.45, 2.75) is 6.42 Å². The molecule has 1 saturated heterocycles. The van der Waals surface area contributed by atoms with Gasteiger partial charge in [-0.2, -0.15) is 11.8 Å². The Balaban J connectivity index is 1.94. The first kappa shape index (κ1) is 8.75. The van der Waals surface area contributed by atoms with Crippen molar-refractivity contribution in [1.82, 2.24) is 4.98 Å². The van der Waals surface area contributed by atoms with Crippen LogP contribution in [0.15, 0.2) is 24.5 Å². The van der Waals surface area contributed by atoms with E-state index >= 15 is 0 Å². The first-order valence-corrected chi connectivity index (χ1v) is 5.51. The quantitative estimate of drug-likeness (QED) is 0.729. The summed E-state index contributed by atoms with van der Waals surface area (Å²) in [6.07, 6.45) is 4.05. The smallest absolute Gasteiger partial charge is 0.141 e. The molecule has 2 heterocycles. The van der Waals surface area contributed by atoms with Crippen molar-refractivity contribution < 1.29 is 4.79 Å². The maximum Gasteiger partial charge on any atom is 0.141 e. The number of carbonyl (C=O) groups excluding carboxylic acids is 1. The SMILES string of the molecule is O=C(Cc1ccncc1)C1CSC1. The van der Waals surface area contributed by atoms with Crippen LogP contribution in [0.1, 0.15) is 5.56 Å². The second-order valence-corrected chi connectivity index (χ2v) is 4.31. The normalized spacial score (nSPS) is 16.6. The van der Waals surface area contributed by atoms with Crippen LogP contribution in [0.2, 0.25) is 0 Å². The Kier molecular flexibility index (Phi) is 2.64. The molecule has 1 fully saturated rings. The van der Waals surface area contributed by atoms with Gasteiger partial charge in [0.15, 0.2) is 0 Å². The highest BCUT2D eigenvalue weighted by atomic mass is 32.2. The van der Waals surface area contributed by atoms with Crippen LogP contribution >= 0.6 is 11.8 Å². The average Bonchev–Trinajstić information content (AvgIpc) is 2.02. The summed E-state index contributed by atoms with van der Waals surface area (Å²) in [7, 11) is 0. The maximum absolute atomic E-state index is 11.6. The molecule has 0 saturated carbocycles. The van der Waals surface area contributed by atoms with Crippen molar-refractivity contribution in [3.05, 3.63) is 30.1 Å². The fraction of sp³-hybridized carbons (Fsp3) is 0.400. The summed E-state index contributed by atoms with van der Waals surface area (Å²) in [5.41, 5.74) is 1.08. The predicted molar refractivity (Wildman–Crippen MR) is 53.8 cm³/mol. The Morgan fingerprint density at radius 1 is 1.46 bits per heavy atom. The van der Waals surface area contributed by atoms with E-state index in [1.165, 1.54) is 0 Å². The fourth-order valence-electron chi connectivity index (χ4n) is 1.27. The van der Waals surface area contributed by atoms with Crippen LogP contribution in [0.25, 0.3) is 0 Å². The van der Waals surface area contributed by atoms with E-state index in [1.54, 1.807) is 12.4 Å². The topological polar surface area (TPSA) is 30.0 Å². The van der Waals surface area contributed by atoms with Crippen LogP contribution in [0.5, 0.6) is 0 Å². The summed E-state index contributed by atoms with van der Waals surface area (Å²) in [4.78, 5) is 15.5. The van der Waals surface area contributed by atoms with Crippen molar-refractivity contribution in [2.75, 3.05) is 11.5 Å². The molecule has 2 rings (SSSR count). The Hall–Kier alpha value is -0.830. The van der Waals surface area contributed by atoms with E-state index in [9.17, 15) is 4.79 Å². The van der Waals surface area contributed by atoms with Gasteiger partial charge in [0.1, 0.15) is 5.78 Å². The number of ketones is 1. The van der Waals surface area contributed by atoms with Gasteiger partial charge in [-0.05, 0) is 17.7 Å². The Labute approximate surface area is 81.8 Å². The van der Waals surface area contributed by atoms with E-state index in [0.29, 0.717) is 18.1 Å². The van der Waals surface area contributed by atoms with Crippen LogP contribution in [-0.4, -0.2) is 22.3 Å². The predicted octanol–water partition coefficient (Wildman–Crippen LogP) is 1.56. The number of aromatic nitrogens is 1. The standard InChI is InChI=1S/C10H11NOS/c12-10(9-6-13-7-9)5-8-1-3-11-4-2-8/h1-4,9H,5-7H2. The maximum atomic E-state index is 11.6. The number of rotatable bonds is 3. The van der Waals surface area contributed by atoms with Gasteiger partial charge in [0.05, 0.1) is 0 Å². The molecule has 0 N–H and O–H groups in total. The lowest BCUT2D eigenvalue weighted by Crippen LogP contribution is -2.28. The molecule has 1 aliphatic heterocycles. The number of thioether (sulfide) groups is 1. The lowest BCUT2D eigenvalue weighted by molar-refractivity contribution is -0.121. The number of hydrogen-bond donors (Lipinski definition) is 0. The van der Waals surface area contributed by atoms with Crippen molar-refractivity contribution in [3.8, 4) is 0 Å². The van der Waals surface area contributed by atoms with Crippen LogP contribution < -0.4 is 0 Å². The highest BCUT2D eigenvalue weighted by molar-refractivity contribution is 8.00. The van der Waals surface area contributed by atoms with E-state index in [0.717, 1.165) is 17.1 Å². The molecule has 0 spiro atoms. The van der Waals surface area contributed by atoms with Crippen LogP contribution in [0, 0.1) is 5.92 Å². The van der Waals surface area contributed by atoms with Gasteiger partial charge in [-0.25, -0.2) is 0 Å². The largest absolute Gasteiger partial charge is 0.299 e. The molecule has 2 nitrogen and oxygen atoms in total. The zero-order valence-corrected chi connectivity index (χ0v) is 8.09. The number of Topliss-reactive ketones (excluding diaryl/α,β-unsaturated/α-hetero) is 1. The Morgan fingerprint density at radius 2 is 2.15 bits per heavy atom. The minimum Gasteiger partial charge on any atom is -0.299 e. The fourth-order valence-corrected chi connectivity index (χ4v) is 2.11. The molecule has 0 aromatic carbocycles. The molecule has 1 aromatic heterocycles. The number of pyridine rings is 1. The molecule has 0 bridgehead atoms. The van der Waals surface area contributed by atoms with Gasteiger partial charge < -0.3 is 0 Å². The molecule has 0 unspecified atom stereocenters. The molecule has 1 aromatic rings. The zero-order chi connectivity index (χ0) is 9.10. The van der Waals surface area contributed by atoms with Crippen LogP contribution in [0.3, 0.4) is 0 Å². The van der Waals surface area contributed by atoms with Crippen LogP contribution in [0.4, 0.5) is 0 Å². The summed E-state index contributed by atoms with van der Waals surface area (Å²) in [5, 5.41) is 0. The molecule has 68 valence electrons. The first-order valence-electron chi connectivity index (χ1n) is 4.35. The molecule has 13 heavy (non-hydrogen) atoms.